The van der Waals surface area contributed by atoms with Crippen molar-refractivity contribution >= 4 is 33.9 Å². The first-order valence-corrected chi connectivity index (χ1v) is 9.59. The molecule has 0 aliphatic rings. The van der Waals surface area contributed by atoms with Gasteiger partial charge in [0.15, 0.2) is 0 Å². The summed E-state index contributed by atoms with van der Waals surface area (Å²) < 4.78 is 0. The lowest BCUT2D eigenvalue weighted by molar-refractivity contribution is 0.102. The number of carbonyl (C=O) groups is 1. The van der Waals surface area contributed by atoms with E-state index in [1.165, 1.54) is 5.56 Å². The van der Waals surface area contributed by atoms with Crippen molar-refractivity contribution in [3.8, 4) is 0 Å². The maximum atomic E-state index is 12.6. The molecule has 5 nitrogen and oxygen atoms in total. The minimum atomic E-state index is -0.266. The maximum Gasteiger partial charge on any atom is 0.274 e. The number of aromatic nitrogens is 2. The fourth-order valence-corrected chi connectivity index (χ4v) is 3.26. The van der Waals surface area contributed by atoms with E-state index in [4.69, 9.17) is 0 Å². The van der Waals surface area contributed by atoms with Crippen LogP contribution in [0.3, 0.4) is 0 Å². The van der Waals surface area contributed by atoms with Crippen molar-refractivity contribution in [2.45, 2.75) is 19.8 Å². The van der Waals surface area contributed by atoms with Crippen LogP contribution in [0.2, 0.25) is 0 Å². The molecule has 0 unspecified atom stereocenters. The van der Waals surface area contributed by atoms with Crippen LogP contribution in [-0.2, 0) is 0 Å². The molecular formula is C24H22N4O. The molecule has 2 N–H and O–H groups in total. The number of anilines is 3. The lowest BCUT2D eigenvalue weighted by Crippen LogP contribution is -2.14. The number of fused-ring (bicyclic) bond motifs is 1. The second-order valence-corrected chi connectivity index (χ2v) is 7.13. The topological polar surface area (TPSA) is 66.9 Å². The summed E-state index contributed by atoms with van der Waals surface area (Å²) in [6, 6.07) is 21.3. The molecule has 0 fully saturated rings. The molecule has 0 saturated carbocycles. The number of nitrogens with one attached hydrogen (secondary N) is 2. The Morgan fingerprint density at radius 3 is 2.45 bits per heavy atom. The number of rotatable bonds is 5. The van der Waals surface area contributed by atoms with Gasteiger partial charge in [-0.1, -0.05) is 50.2 Å². The van der Waals surface area contributed by atoms with E-state index in [1.807, 2.05) is 54.6 Å². The van der Waals surface area contributed by atoms with Crippen LogP contribution in [-0.4, -0.2) is 15.9 Å². The second kappa shape index (κ2) is 8.10. The molecule has 0 saturated heterocycles. The van der Waals surface area contributed by atoms with Gasteiger partial charge in [-0.2, -0.15) is 0 Å². The van der Waals surface area contributed by atoms with Crippen LogP contribution in [0, 0.1) is 0 Å². The van der Waals surface area contributed by atoms with E-state index < -0.39 is 0 Å². The average molecular weight is 382 g/mol. The molecule has 0 spiro atoms. The molecule has 0 aliphatic carbocycles. The fraction of sp³-hybridized carbons (Fsp3) is 0.125. The molecule has 2 aromatic carbocycles. The minimum Gasteiger partial charge on any atom is -0.354 e. The molecule has 0 atom stereocenters. The molecule has 2 heterocycles. The molecule has 4 aromatic rings. The van der Waals surface area contributed by atoms with Crippen LogP contribution in [0.4, 0.5) is 17.1 Å². The van der Waals surface area contributed by atoms with Crippen molar-refractivity contribution in [3.05, 3.63) is 90.4 Å². The Labute approximate surface area is 169 Å². The summed E-state index contributed by atoms with van der Waals surface area (Å²) in [7, 11) is 0. The van der Waals surface area contributed by atoms with Gasteiger partial charge in [-0.3, -0.25) is 9.78 Å². The predicted octanol–water partition coefficient (Wildman–Crippen LogP) is 5.75. The van der Waals surface area contributed by atoms with Crippen molar-refractivity contribution < 1.29 is 4.79 Å². The Bertz CT molecular complexity index is 1150. The van der Waals surface area contributed by atoms with E-state index in [-0.39, 0.29) is 5.91 Å². The molecule has 144 valence electrons. The average Bonchev–Trinajstić information content (AvgIpc) is 2.75. The molecule has 4 rings (SSSR count). The van der Waals surface area contributed by atoms with Gasteiger partial charge in [-0.05, 0) is 41.8 Å². The van der Waals surface area contributed by atoms with Gasteiger partial charge in [0.2, 0.25) is 0 Å². The van der Waals surface area contributed by atoms with Crippen LogP contribution in [0.25, 0.3) is 10.9 Å². The Balaban J connectivity index is 1.51. The van der Waals surface area contributed by atoms with Crippen molar-refractivity contribution in [2.24, 2.45) is 0 Å². The highest BCUT2D eigenvalue weighted by atomic mass is 16.1. The molecule has 5 heteroatoms. The quantitative estimate of drug-likeness (QED) is 0.461. The van der Waals surface area contributed by atoms with Crippen LogP contribution in [0.5, 0.6) is 0 Å². The molecule has 0 bridgehead atoms. The molecule has 0 aliphatic heterocycles. The number of carbonyl (C=O) groups excluding carboxylic acids is 1. The summed E-state index contributed by atoms with van der Waals surface area (Å²) in [4.78, 5) is 21.3. The van der Waals surface area contributed by atoms with Crippen LogP contribution in [0.1, 0.15) is 35.8 Å². The number of hydrogen-bond acceptors (Lipinski definition) is 4. The van der Waals surface area contributed by atoms with Crippen molar-refractivity contribution in [3.63, 3.8) is 0 Å². The van der Waals surface area contributed by atoms with E-state index in [1.54, 1.807) is 18.5 Å². The van der Waals surface area contributed by atoms with E-state index >= 15 is 0 Å². The maximum absolute atomic E-state index is 12.6. The molecular weight excluding hydrogens is 360 g/mol. The van der Waals surface area contributed by atoms with E-state index in [0.29, 0.717) is 17.3 Å². The summed E-state index contributed by atoms with van der Waals surface area (Å²) in [5, 5.41) is 7.27. The van der Waals surface area contributed by atoms with Crippen LogP contribution >= 0.6 is 0 Å². The highest BCUT2D eigenvalue weighted by Gasteiger charge is 2.11. The second-order valence-electron chi connectivity index (χ2n) is 7.13. The monoisotopic (exact) mass is 382 g/mol. The zero-order valence-electron chi connectivity index (χ0n) is 16.4. The Hall–Kier alpha value is -3.73. The highest BCUT2D eigenvalue weighted by Crippen LogP contribution is 2.27. The van der Waals surface area contributed by atoms with E-state index in [2.05, 4.69) is 40.5 Å². The van der Waals surface area contributed by atoms with Gasteiger partial charge in [0.05, 0.1) is 23.1 Å². The SMILES string of the molecule is CC(C)c1ccccc1Nc1ccc(C(=O)Nc2cccc3cccnc23)nc1. The van der Waals surface area contributed by atoms with Gasteiger partial charge < -0.3 is 10.6 Å². The normalized spacial score (nSPS) is 10.9. The standard InChI is InChI=1S/C24H22N4O/c1-16(2)19-9-3-4-10-20(19)27-18-12-13-22(26-15-18)24(29)28-21-11-5-7-17-8-6-14-25-23(17)21/h3-16,27H,1-2H3,(H,28,29). The summed E-state index contributed by atoms with van der Waals surface area (Å²) in [5.74, 6) is 0.142. The van der Waals surface area contributed by atoms with Crippen LogP contribution in [0.15, 0.2) is 79.1 Å². The Kier molecular flexibility index (Phi) is 5.20. The number of amides is 1. The van der Waals surface area contributed by atoms with Gasteiger partial charge >= 0.3 is 0 Å². The fourth-order valence-electron chi connectivity index (χ4n) is 3.26. The first-order valence-electron chi connectivity index (χ1n) is 9.59. The van der Waals surface area contributed by atoms with Gasteiger partial charge in [0.1, 0.15) is 5.69 Å². The smallest absolute Gasteiger partial charge is 0.274 e. The van der Waals surface area contributed by atoms with Gasteiger partial charge in [-0.25, -0.2) is 4.98 Å². The van der Waals surface area contributed by atoms with Crippen LogP contribution < -0.4 is 10.6 Å². The summed E-state index contributed by atoms with van der Waals surface area (Å²) >= 11 is 0. The van der Waals surface area contributed by atoms with Crippen molar-refractivity contribution in [1.82, 2.24) is 9.97 Å². The molecule has 29 heavy (non-hydrogen) atoms. The van der Waals surface area contributed by atoms with Gasteiger partial charge in [0, 0.05) is 17.3 Å². The number of nitrogens with zero attached hydrogens (tertiary/aromatic N) is 2. The number of hydrogen-bond donors (Lipinski definition) is 2. The Morgan fingerprint density at radius 2 is 1.66 bits per heavy atom. The third-order valence-corrected chi connectivity index (χ3v) is 4.74. The van der Waals surface area contributed by atoms with E-state index in [0.717, 1.165) is 22.3 Å². The van der Waals surface area contributed by atoms with E-state index in [9.17, 15) is 4.79 Å². The lowest BCUT2D eigenvalue weighted by atomic mass is 10.0. The van der Waals surface area contributed by atoms with Gasteiger partial charge in [0.25, 0.3) is 5.91 Å². The number of para-hydroxylation sites is 2. The van der Waals surface area contributed by atoms with Crippen molar-refractivity contribution in [1.29, 1.82) is 0 Å². The van der Waals surface area contributed by atoms with Crippen molar-refractivity contribution in [2.75, 3.05) is 10.6 Å². The Morgan fingerprint density at radius 1 is 0.862 bits per heavy atom. The summed E-state index contributed by atoms with van der Waals surface area (Å²) in [5.41, 5.74) is 4.89. The first kappa shape index (κ1) is 18.6. The number of benzene rings is 2. The zero-order chi connectivity index (χ0) is 20.2. The summed E-state index contributed by atoms with van der Waals surface area (Å²) in [6.07, 6.45) is 3.39. The largest absolute Gasteiger partial charge is 0.354 e. The first-order chi connectivity index (χ1) is 14.1. The molecule has 0 radical (unpaired) electrons. The minimum absolute atomic E-state index is 0.266. The highest BCUT2D eigenvalue weighted by molar-refractivity contribution is 6.07. The third kappa shape index (κ3) is 4.09. The summed E-state index contributed by atoms with van der Waals surface area (Å²) in [6.45, 7) is 4.32. The van der Waals surface area contributed by atoms with Gasteiger partial charge in [-0.15, -0.1) is 0 Å². The number of pyridine rings is 2. The molecule has 2 aromatic heterocycles. The zero-order valence-corrected chi connectivity index (χ0v) is 16.4. The lowest BCUT2D eigenvalue weighted by Gasteiger charge is -2.14. The predicted molar refractivity (Wildman–Crippen MR) is 118 cm³/mol. The third-order valence-electron chi connectivity index (χ3n) is 4.74. The molecule has 1 amide bonds.